The Labute approximate surface area is 163 Å². The molecule has 0 atom stereocenters. The molecule has 0 radical (unpaired) electrons. The van der Waals surface area contributed by atoms with E-state index in [2.05, 4.69) is 76.7 Å². The van der Waals surface area contributed by atoms with Crippen molar-refractivity contribution in [3.05, 3.63) is 83.6 Å². The van der Waals surface area contributed by atoms with Crippen LogP contribution in [0.3, 0.4) is 0 Å². The Morgan fingerprint density at radius 2 is 1.82 bits per heavy atom. The summed E-state index contributed by atoms with van der Waals surface area (Å²) in [5, 5.41) is 6.98. The van der Waals surface area contributed by atoms with Crippen molar-refractivity contribution in [1.82, 2.24) is 9.88 Å². The van der Waals surface area contributed by atoms with Gasteiger partial charge in [-0.1, -0.05) is 54.6 Å². The van der Waals surface area contributed by atoms with Crippen LogP contribution in [0.15, 0.2) is 66.9 Å². The number of hydrogen-bond acceptors (Lipinski definition) is 2. The number of benzene rings is 3. The van der Waals surface area contributed by atoms with Crippen molar-refractivity contribution in [3.8, 4) is 0 Å². The van der Waals surface area contributed by atoms with Crippen LogP contribution in [0.2, 0.25) is 0 Å². The fraction of sp³-hybridized carbons (Fsp3) is 0.160. The molecule has 3 heteroatoms. The van der Waals surface area contributed by atoms with Crippen molar-refractivity contribution in [1.29, 1.82) is 0 Å². The molecule has 3 nitrogen and oxygen atoms in total. The van der Waals surface area contributed by atoms with E-state index in [1.165, 1.54) is 27.2 Å². The van der Waals surface area contributed by atoms with Crippen LogP contribution in [0, 0.1) is 0 Å². The third-order valence-electron chi connectivity index (χ3n) is 6.09. The highest BCUT2D eigenvalue weighted by atomic mass is 16.1. The highest BCUT2D eigenvalue weighted by Crippen LogP contribution is 2.38. The monoisotopic (exact) mass is 364 g/mol. The minimum atomic E-state index is 0.173. The molecule has 3 heterocycles. The third-order valence-corrected chi connectivity index (χ3v) is 6.09. The van der Waals surface area contributed by atoms with Gasteiger partial charge in [-0.05, 0) is 40.8 Å². The van der Waals surface area contributed by atoms with Gasteiger partial charge in [0.2, 0.25) is 0 Å². The van der Waals surface area contributed by atoms with Crippen molar-refractivity contribution >= 4 is 38.7 Å². The van der Waals surface area contributed by atoms with E-state index in [-0.39, 0.29) is 5.78 Å². The van der Waals surface area contributed by atoms with E-state index >= 15 is 0 Å². The Hall–Kier alpha value is -3.33. The molecule has 0 amide bonds. The molecule has 0 saturated heterocycles. The van der Waals surface area contributed by atoms with Crippen molar-refractivity contribution in [2.24, 2.45) is 0 Å². The Morgan fingerprint density at radius 1 is 0.929 bits per heavy atom. The lowest BCUT2D eigenvalue weighted by Crippen LogP contribution is -2.10. The normalized spacial score (nSPS) is 16.2. The van der Waals surface area contributed by atoms with E-state index in [9.17, 15) is 4.79 Å². The number of Topliss-reactive ketones (excluding diaryl/α,β-unsaturated/α-hetero) is 1. The van der Waals surface area contributed by atoms with E-state index in [1.807, 2.05) is 0 Å². The maximum absolute atomic E-state index is 12.9. The molecule has 2 aliphatic rings. The lowest BCUT2D eigenvalue weighted by Gasteiger charge is -2.14. The molecule has 1 N–H and O–H groups in total. The molecular weight excluding hydrogens is 344 g/mol. The molecule has 0 spiro atoms. The predicted octanol–water partition coefficient (Wildman–Crippen LogP) is 4.78. The molecule has 0 bridgehead atoms. The molecule has 6 rings (SSSR count). The predicted molar refractivity (Wildman–Crippen MR) is 114 cm³/mol. The smallest absolute Gasteiger partial charge is 0.184 e. The molecule has 4 aromatic rings. The third kappa shape index (κ3) is 2.19. The Kier molecular flexibility index (Phi) is 3.27. The number of carbonyl (C=O) groups is 1. The zero-order valence-electron chi connectivity index (χ0n) is 15.5. The van der Waals surface area contributed by atoms with Gasteiger partial charge in [0.15, 0.2) is 5.78 Å². The fourth-order valence-corrected chi connectivity index (χ4v) is 4.82. The number of nitrogens with one attached hydrogen (secondary N) is 1. The maximum atomic E-state index is 12.9. The maximum Gasteiger partial charge on any atom is 0.184 e. The van der Waals surface area contributed by atoms with Gasteiger partial charge < -0.3 is 9.88 Å². The molecular formula is C25H20N2O. The number of ketones is 1. The summed E-state index contributed by atoms with van der Waals surface area (Å²) in [4.78, 5) is 12.9. The van der Waals surface area contributed by atoms with Crippen molar-refractivity contribution in [2.45, 2.75) is 19.4 Å². The summed E-state index contributed by atoms with van der Waals surface area (Å²) in [6.07, 6.45) is 4.46. The highest BCUT2D eigenvalue weighted by molar-refractivity contribution is 6.33. The van der Waals surface area contributed by atoms with Crippen molar-refractivity contribution in [3.63, 3.8) is 0 Å². The lowest BCUT2D eigenvalue weighted by molar-refractivity contribution is -0.112. The van der Waals surface area contributed by atoms with Gasteiger partial charge in [-0.15, -0.1) is 0 Å². The van der Waals surface area contributed by atoms with Crippen LogP contribution >= 0.6 is 0 Å². The van der Waals surface area contributed by atoms with Crippen LogP contribution in [0.25, 0.3) is 32.9 Å². The second-order valence-electron chi connectivity index (χ2n) is 7.74. The first-order valence-corrected chi connectivity index (χ1v) is 9.91. The summed E-state index contributed by atoms with van der Waals surface area (Å²) in [5.74, 6) is 0.173. The van der Waals surface area contributed by atoms with Crippen LogP contribution in [-0.4, -0.2) is 16.9 Å². The average Bonchev–Trinajstić information content (AvgIpc) is 3.30. The first-order chi connectivity index (χ1) is 13.8. The second kappa shape index (κ2) is 5.83. The second-order valence-corrected chi connectivity index (χ2v) is 7.74. The quantitative estimate of drug-likeness (QED) is 0.555. The van der Waals surface area contributed by atoms with E-state index in [0.29, 0.717) is 6.54 Å². The Bertz CT molecular complexity index is 1310. The van der Waals surface area contributed by atoms with E-state index in [0.717, 1.165) is 41.8 Å². The number of nitrogens with zero attached hydrogens (tertiary/aromatic N) is 1. The zero-order valence-corrected chi connectivity index (χ0v) is 15.5. The largest absolute Gasteiger partial charge is 0.376 e. The summed E-state index contributed by atoms with van der Waals surface area (Å²) >= 11 is 0. The number of rotatable bonds is 2. The molecule has 136 valence electrons. The van der Waals surface area contributed by atoms with Crippen molar-refractivity contribution < 1.29 is 4.79 Å². The number of para-hydroxylation sites is 1. The van der Waals surface area contributed by atoms with Crippen LogP contribution in [0.4, 0.5) is 0 Å². The lowest BCUT2D eigenvalue weighted by atomic mass is 9.96. The molecule has 1 aromatic heterocycles. The van der Waals surface area contributed by atoms with Gasteiger partial charge in [0, 0.05) is 23.7 Å². The van der Waals surface area contributed by atoms with Gasteiger partial charge >= 0.3 is 0 Å². The Morgan fingerprint density at radius 3 is 2.75 bits per heavy atom. The van der Waals surface area contributed by atoms with Gasteiger partial charge in [0.05, 0.1) is 23.3 Å². The van der Waals surface area contributed by atoms with E-state index < -0.39 is 0 Å². The molecule has 0 saturated carbocycles. The minimum absolute atomic E-state index is 0.173. The Balaban J connectivity index is 1.61. The first-order valence-electron chi connectivity index (χ1n) is 9.91. The molecule has 0 unspecified atom stereocenters. The number of aryl methyl sites for hydroxylation is 2. The van der Waals surface area contributed by atoms with E-state index in [1.54, 1.807) is 0 Å². The fourth-order valence-electron chi connectivity index (χ4n) is 4.82. The van der Waals surface area contributed by atoms with Gasteiger partial charge in [-0.25, -0.2) is 0 Å². The zero-order chi connectivity index (χ0) is 18.7. The summed E-state index contributed by atoms with van der Waals surface area (Å²) < 4.78 is 2.33. The van der Waals surface area contributed by atoms with Gasteiger partial charge in [0.1, 0.15) is 0 Å². The number of aromatic nitrogens is 1. The minimum Gasteiger partial charge on any atom is -0.376 e. The molecule has 3 aromatic carbocycles. The number of fused-ring (bicyclic) bond motifs is 1. The molecule has 2 aliphatic heterocycles. The molecule has 28 heavy (non-hydrogen) atoms. The summed E-state index contributed by atoms with van der Waals surface area (Å²) in [7, 11) is 0. The van der Waals surface area contributed by atoms with Crippen LogP contribution < -0.4 is 5.32 Å². The van der Waals surface area contributed by atoms with Crippen LogP contribution in [0.5, 0.6) is 0 Å². The number of carbonyl (C=O) groups excluding carboxylic acids is 1. The summed E-state index contributed by atoms with van der Waals surface area (Å²) in [6, 6.07) is 21.3. The first kappa shape index (κ1) is 15.7. The van der Waals surface area contributed by atoms with Crippen LogP contribution in [0.1, 0.15) is 23.1 Å². The average molecular weight is 364 g/mol. The molecule has 0 aliphatic carbocycles. The van der Waals surface area contributed by atoms with Gasteiger partial charge in [-0.2, -0.15) is 0 Å². The number of hydrogen-bond donors (Lipinski definition) is 1. The standard InChI is InChI=1S/C25H20N2O/c28-22-14-26-24(19-11-10-16-5-1-2-6-18(16)13-19)23(22)21-15-27-12-4-8-17-7-3-9-20(21)25(17)27/h1-3,5-7,9-11,13,15,26H,4,8,12,14H2. The van der Waals surface area contributed by atoms with Crippen molar-refractivity contribution in [2.75, 3.05) is 6.54 Å². The SMILES string of the molecule is O=C1CNC(c2ccc3ccccc3c2)=C1c1cn2c3c(cccc13)CCC2. The van der Waals surface area contributed by atoms with Gasteiger partial charge in [-0.3, -0.25) is 4.79 Å². The summed E-state index contributed by atoms with van der Waals surface area (Å²) in [5.41, 5.74) is 6.62. The summed E-state index contributed by atoms with van der Waals surface area (Å²) in [6.45, 7) is 1.39. The van der Waals surface area contributed by atoms with Gasteiger partial charge in [0.25, 0.3) is 0 Å². The van der Waals surface area contributed by atoms with Crippen LogP contribution in [-0.2, 0) is 17.8 Å². The highest BCUT2D eigenvalue weighted by Gasteiger charge is 2.28. The topological polar surface area (TPSA) is 34.0 Å². The van der Waals surface area contributed by atoms with E-state index in [4.69, 9.17) is 0 Å². The molecule has 0 fully saturated rings.